The number of ether oxygens (including phenoxy) is 1. The number of para-hydroxylation sites is 1. The minimum Gasteiger partial charge on any atom is -0.461 e. The highest BCUT2D eigenvalue weighted by molar-refractivity contribution is 5.93. The maximum Gasteiger partial charge on any atom is 0.319 e. The lowest BCUT2D eigenvalue weighted by atomic mass is 9.95. The van der Waals surface area contributed by atoms with Crippen LogP contribution in [0, 0.1) is 5.82 Å². The Bertz CT molecular complexity index is 1430. The molecule has 2 N–H and O–H groups in total. The van der Waals surface area contributed by atoms with Gasteiger partial charge in [-0.05, 0) is 75.4 Å². The average Bonchev–Trinajstić information content (AvgIpc) is 3.65. The number of aliphatic hydroxyl groups excluding tert-OH is 1. The summed E-state index contributed by atoms with van der Waals surface area (Å²) in [7, 11) is 0. The first-order chi connectivity index (χ1) is 19.6. The molecule has 8 rings (SSSR count). The molecule has 40 heavy (non-hydrogen) atoms. The number of rotatable bonds is 5. The second kappa shape index (κ2) is 9.53. The quantitative estimate of drug-likeness (QED) is 0.503. The number of hydrogen-bond donors (Lipinski definition) is 2. The van der Waals surface area contributed by atoms with Crippen molar-refractivity contribution in [3.63, 3.8) is 0 Å². The van der Waals surface area contributed by atoms with Crippen molar-refractivity contribution in [3.05, 3.63) is 47.8 Å². The number of piperazine rings is 1. The molecule has 210 valence electrons. The Morgan fingerprint density at radius 2 is 1.75 bits per heavy atom. The fourth-order valence-corrected chi connectivity index (χ4v) is 8.06. The van der Waals surface area contributed by atoms with E-state index >= 15 is 4.39 Å². The number of nitrogens with zero attached hydrogens (tertiary/aromatic N) is 5. The Labute approximate surface area is 234 Å². The van der Waals surface area contributed by atoms with E-state index in [9.17, 15) is 5.11 Å². The SMILES string of the molecule is OC1Cc2ccccc2N(c2ccc3c(N4CC5CCC(C4)N5)nc(OCC45CCCN4CCC5)nc3c2F)C1. The molecule has 3 atom stereocenters. The van der Waals surface area contributed by atoms with Crippen molar-refractivity contribution in [3.8, 4) is 6.01 Å². The van der Waals surface area contributed by atoms with E-state index in [1.165, 1.54) is 12.8 Å². The van der Waals surface area contributed by atoms with Crippen LogP contribution in [-0.2, 0) is 6.42 Å². The Morgan fingerprint density at radius 3 is 2.55 bits per heavy atom. The van der Waals surface area contributed by atoms with Crippen molar-refractivity contribution in [1.82, 2.24) is 20.2 Å². The minimum atomic E-state index is -0.568. The maximum atomic E-state index is 16.6. The van der Waals surface area contributed by atoms with Crippen molar-refractivity contribution in [2.45, 2.75) is 68.7 Å². The highest BCUT2D eigenvalue weighted by atomic mass is 19.1. The van der Waals surface area contributed by atoms with Crippen LogP contribution in [0.3, 0.4) is 0 Å². The van der Waals surface area contributed by atoms with Gasteiger partial charge in [-0.3, -0.25) is 4.90 Å². The fourth-order valence-electron chi connectivity index (χ4n) is 8.06. The molecule has 0 saturated carbocycles. The van der Waals surface area contributed by atoms with E-state index in [1.807, 2.05) is 41.3 Å². The standard InChI is InChI=1S/C31H37FN6O2/c32-27-26(38-18-23(39)15-20-5-1-2-6-25(20)38)10-9-24-28(27)34-30(40-19-31-11-3-13-37(31)14-4-12-31)35-29(24)36-16-21-7-8-22(17-36)33-21/h1-2,5-6,9-10,21-23,33,39H,3-4,7-8,11-19H2. The minimum absolute atomic E-state index is 0.0562. The van der Waals surface area contributed by atoms with Crippen molar-refractivity contribution in [1.29, 1.82) is 0 Å². The van der Waals surface area contributed by atoms with Crippen LogP contribution in [0.5, 0.6) is 6.01 Å². The van der Waals surface area contributed by atoms with Gasteiger partial charge < -0.3 is 25.0 Å². The maximum absolute atomic E-state index is 16.6. The molecule has 2 bridgehead atoms. The number of anilines is 3. The van der Waals surface area contributed by atoms with E-state index in [2.05, 4.69) is 15.1 Å². The molecule has 3 unspecified atom stereocenters. The van der Waals surface area contributed by atoms with E-state index in [0.717, 1.165) is 68.9 Å². The number of aliphatic hydroxyl groups is 1. The summed E-state index contributed by atoms with van der Waals surface area (Å²) < 4.78 is 23.0. The highest BCUT2D eigenvalue weighted by Crippen LogP contribution is 2.41. The Hall–Kier alpha value is -3.01. The molecule has 9 heteroatoms. The van der Waals surface area contributed by atoms with Crippen LogP contribution in [0.25, 0.3) is 10.9 Å². The van der Waals surface area contributed by atoms with Gasteiger partial charge >= 0.3 is 6.01 Å². The number of benzene rings is 2. The van der Waals surface area contributed by atoms with E-state index in [-0.39, 0.29) is 17.1 Å². The second-order valence-corrected chi connectivity index (χ2v) is 12.5. The summed E-state index contributed by atoms with van der Waals surface area (Å²) in [6.45, 7) is 4.80. The van der Waals surface area contributed by atoms with Gasteiger partial charge in [0, 0.05) is 49.2 Å². The highest BCUT2D eigenvalue weighted by Gasteiger charge is 2.45. The summed E-state index contributed by atoms with van der Waals surface area (Å²) in [5.74, 6) is 0.365. The lowest BCUT2D eigenvalue weighted by Gasteiger charge is -2.36. The first kappa shape index (κ1) is 24.8. The van der Waals surface area contributed by atoms with Crippen LogP contribution in [0.15, 0.2) is 36.4 Å². The van der Waals surface area contributed by atoms with Gasteiger partial charge in [-0.2, -0.15) is 9.97 Å². The van der Waals surface area contributed by atoms with Gasteiger partial charge in [-0.25, -0.2) is 4.39 Å². The summed E-state index contributed by atoms with van der Waals surface area (Å²) in [6.07, 6.45) is 6.95. The topological polar surface area (TPSA) is 77.0 Å². The summed E-state index contributed by atoms with van der Waals surface area (Å²) in [4.78, 5) is 16.4. The predicted molar refractivity (Wildman–Crippen MR) is 153 cm³/mol. The molecule has 5 aliphatic heterocycles. The zero-order chi connectivity index (χ0) is 26.8. The van der Waals surface area contributed by atoms with Crippen LogP contribution in [0.4, 0.5) is 21.6 Å². The molecule has 2 aromatic carbocycles. The Morgan fingerprint density at radius 1 is 0.975 bits per heavy atom. The zero-order valence-corrected chi connectivity index (χ0v) is 22.9. The first-order valence-corrected chi connectivity index (χ1v) is 15.0. The van der Waals surface area contributed by atoms with Gasteiger partial charge in [-0.15, -0.1) is 0 Å². The molecule has 3 aromatic rings. The van der Waals surface area contributed by atoms with Gasteiger partial charge in [0.25, 0.3) is 0 Å². The molecule has 0 amide bonds. The van der Waals surface area contributed by atoms with Crippen LogP contribution < -0.4 is 19.9 Å². The molecule has 1 aromatic heterocycles. The molecule has 5 aliphatic rings. The average molecular weight is 545 g/mol. The number of nitrogens with one attached hydrogen (secondary N) is 1. The smallest absolute Gasteiger partial charge is 0.319 e. The number of halogens is 1. The van der Waals surface area contributed by atoms with Crippen molar-refractivity contribution >= 4 is 28.1 Å². The number of aromatic nitrogens is 2. The third-order valence-electron chi connectivity index (χ3n) is 9.96. The van der Waals surface area contributed by atoms with Gasteiger partial charge in [0.15, 0.2) is 5.82 Å². The van der Waals surface area contributed by atoms with Crippen molar-refractivity contribution in [2.24, 2.45) is 0 Å². The summed E-state index contributed by atoms with van der Waals surface area (Å²) >= 11 is 0. The molecular formula is C31H37FN6O2. The molecule has 6 heterocycles. The molecule has 0 aliphatic carbocycles. The van der Waals surface area contributed by atoms with E-state index in [1.54, 1.807) is 0 Å². The van der Waals surface area contributed by atoms with Gasteiger partial charge in [0.1, 0.15) is 17.9 Å². The van der Waals surface area contributed by atoms with Crippen molar-refractivity contribution < 1.29 is 14.2 Å². The predicted octanol–water partition coefficient (Wildman–Crippen LogP) is 3.77. The molecule has 4 fully saturated rings. The van der Waals surface area contributed by atoms with Gasteiger partial charge in [0.2, 0.25) is 0 Å². The second-order valence-electron chi connectivity index (χ2n) is 12.5. The fraction of sp³-hybridized carbons (Fsp3) is 0.548. The van der Waals surface area contributed by atoms with E-state index in [4.69, 9.17) is 14.7 Å². The number of fused-ring (bicyclic) bond motifs is 5. The number of hydrogen-bond acceptors (Lipinski definition) is 8. The molecular weight excluding hydrogens is 507 g/mol. The van der Waals surface area contributed by atoms with Crippen LogP contribution in [0.1, 0.15) is 44.1 Å². The monoisotopic (exact) mass is 544 g/mol. The molecule has 0 radical (unpaired) electrons. The van der Waals surface area contributed by atoms with Crippen LogP contribution in [-0.4, -0.2) is 83.0 Å². The third-order valence-corrected chi connectivity index (χ3v) is 9.96. The lowest BCUT2D eigenvalue weighted by Crippen LogP contribution is -2.51. The molecule has 0 spiro atoms. The molecule has 4 saturated heterocycles. The van der Waals surface area contributed by atoms with Gasteiger partial charge in [0.05, 0.1) is 17.3 Å². The van der Waals surface area contributed by atoms with E-state index in [0.29, 0.717) is 42.7 Å². The van der Waals surface area contributed by atoms with Crippen molar-refractivity contribution in [2.75, 3.05) is 49.1 Å². The third kappa shape index (κ3) is 4.04. The molecule has 8 nitrogen and oxygen atoms in total. The Kier molecular flexibility index (Phi) is 5.90. The van der Waals surface area contributed by atoms with Gasteiger partial charge in [-0.1, -0.05) is 18.2 Å². The van der Waals surface area contributed by atoms with Crippen LogP contribution >= 0.6 is 0 Å². The number of β-amino-alcohol motifs (C(OH)–C–C–N with tert-alkyl or cyclic N) is 1. The summed E-state index contributed by atoms with van der Waals surface area (Å²) in [5, 5.41) is 15.0. The Balaban J connectivity index is 1.21. The summed E-state index contributed by atoms with van der Waals surface area (Å²) in [6, 6.07) is 12.8. The zero-order valence-electron chi connectivity index (χ0n) is 22.9. The first-order valence-electron chi connectivity index (χ1n) is 15.0. The normalized spacial score (nSPS) is 27.3. The lowest BCUT2D eigenvalue weighted by molar-refractivity contribution is 0.108. The summed E-state index contributed by atoms with van der Waals surface area (Å²) in [5.41, 5.74) is 2.71. The van der Waals surface area contributed by atoms with Crippen LogP contribution in [0.2, 0.25) is 0 Å². The largest absolute Gasteiger partial charge is 0.461 e. The van der Waals surface area contributed by atoms with E-state index < -0.39 is 11.9 Å².